The fraction of sp³-hybridized carbons (Fsp3) is 0.125. The van der Waals surface area contributed by atoms with Crippen LogP contribution in [0, 0.1) is 0 Å². The number of alkyl halides is 3. The smallest absolute Gasteiger partial charge is 0.448 e. The van der Waals surface area contributed by atoms with Gasteiger partial charge in [-0.05, 0) is 12.1 Å². The Balaban J connectivity index is 2.90. The molecule has 1 aromatic rings. The topological polar surface area (TPSA) is 33.1 Å². The summed E-state index contributed by atoms with van der Waals surface area (Å²) in [5.41, 5.74) is 0.0670. The summed E-state index contributed by atoms with van der Waals surface area (Å²) >= 11 is 0. The molecule has 70 valence electrons. The molecule has 1 rings (SSSR count). The van der Waals surface area contributed by atoms with Crippen molar-refractivity contribution in [1.29, 1.82) is 0 Å². The van der Waals surface area contributed by atoms with Crippen molar-refractivity contribution in [2.45, 2.75) is 6.18 Å². The number of pyridine rings is 1. The third kappa shape index (κ3) is 2.77. The van der Waals surface area contributed by atoms with E-state index in [0.29, 0.717) is 6.08 Å². The van der Waals surface area contributed by atoms with Crippen molar-refractivity contribution in [3.63, 3.8) is 0 Å². The monoisotopic (exact) mass is 189 g/mol. The molecule has 0 aliphatic carbocycles. The molecular weight excluding hydrogens is 183 g/mol. The number of aliphatic hydroxyl groups is 1. The van der Waals surface area contributed by atoms with E-state index in [1.807, 2.05) is 0 Å². The molecule has 0 atom stereocenters. The summed E-state index contributed by atoms with van der Waals surface area (Å²) in [6.07, 6.45) is -2.80. The van der Waals surface area contributed by atoms with Gasteiger partial charge in [-0.1, -0.05) is 6.07 Å². The van der Waals surface area contributed by atoms with E-state index in [0.717, 1.165) is 0 Å². The van der Waals surface area contributed by atoms with Gasteiger partial charge in [0.1, 0.15) is 0 Å². The molecule has 5 heteroatoms. The van der Waals surface area contributed by atoms with Gasteiger partial charge in [-0.3, -0.25) is 4.98 Å². The summed E-state index contributed by atoms with van der Waals surface area (Å²) in [5.74, 6) is -1.65. The molecule has 1 aromatic heterocycles. The molecule has 0 spiro atoms. The lowest BCUT2D eigenvalue weighted by Gasteiger charge is -2.03. The Labute approximate surface area is 72.3 Å². The molecule has 0 saturated carbocycles. The van der Waals surface area contributed by atoms with Crippen LogP contribution < -0.4 is 0 Å². The second kappa shape index (κ2) is 3.47. The van der Waals surface area contributed by atoms with Crippen molar-refractivity contribution in [3.05, 3.63) is 35.8 Å². The average molecular weight is 189 g/mol. The van der Waals surface area contributed by atoms with E-state index in [-0.39, 0.29) is 5.69 Å². The molecule has 0 saturated heterocycles. The van der Waals surface area contributed by atoms with Gasteiger partial charge >= 0.3 is 6.18 Å². The third-order valence-corrected chi connectivity index (χ3v) is 1.26. The molecule has 0 radical (unpaired) electrons. The van der Waals surface area contributed by atoms with Gasteiger partial charge in [-0.2, -0.15) is 13.2 Å². The van der Waals surface area contributed by atoms with Crippen LogP contribution in [-0.2, 0) is 0 Å². The summed E-state index contributed by atoms with van der Waals surface area (Å²) in [6.45, 7) is 0. The highest BCUT2D eigenvalue weighted by Gasteiger charge is 2.33. The summed E-state index contributed by atoms with van der Waals surface area (Å²) in [5, 5.41) is 8.54. The van der Waals surface area contributed by atoms with Gasteiger partial charge in [-0.15, -0.1) is 0 Å². The molecule has 0 fully saturated rings. The number of halogens is 3. The first-order valence-corrected chi connectivity index (χ1v) is 3.39. The maximum atomic E-state index is 11.8. The zero-order valence-corrected chi connectivity index (χ0v) is 6.42. The van der Waals surface area contributed by atoms with Crippen molar-refractivity contribution in [2.75, 3.05) is 0 Å². The van der Waals surface area contributed by atoms with Crippen LogP contribution in [0.4, 0.5) is 13.2 Å². The molecule has 0 unspecified atom stereocenters. The van der Waals surface area contributed by atoms with E-state index in [2.05, 4.69) is 4.98 Å². The second-order valence-corrected chi connectivity index (χ2v) is 2.28. The number of aliphatic hydroxyl groups excluding tert-OH is 1. The fourth-order valence-corrected chi connectivity index (χ4v) is 0.683. The van der Waals surface area contributed by atoms with Crippen LogP contribution in [0.2, 0.25) is 0 Å². The van der Waals surface area contributed by atoms with E-state index in [4.69, 9.17) is 5.11 Å². The molecule has 0 aromatic carbocycles. The molecule has 0 aliphatic heterocycles. The first kappa shape index (κ1) is 9.57. The van der Waals surface area contributed by atoms with E-state index < -0.39 is 11.9 Å². The van der Waals surface area contributed by atoms with E-state index >= 15 is 0 Å². The SMILES string of the molecule is OC(=Cc1ccccn1)C(F)(F)F. The quantitative estimate of drug-likeness (QED) is 0.688. The van der Waals surface area contributed by atoms with Crippen molar-refractivity contribution in [1.82, 2.24) is 4.98 Å². The van der Waals surface area contributed by atoms with E-state index in [1.165, 1.54) is 18.3 Å². The van der Waals surface area contributed by atoms with Gasteiger partial charge < -0.3 is 5.11 Å². The Morgan fingerprint density at radius 2 is 2.08 bits per heavy atom. The van der Waals surface area contributed by atoms with E-state index in [9.17, 15) is 13.2 Å². The lowest BCUT2D eigenvalue weighted by atomic mass is 10.3. The van der Waals surface area contributed by atoms with Crippen LogP contribution in [0.3, 0.4) is 0 Å². The minimum atomic E-state index is -4.71. The Bertz CT molecular complexity index is 305. The first-order chi connectivity index (χ1) is 6.00. The van der Waals surface area contributed by atoms with Crippen molar-refractivity contribution in [2.24, 2.45) is 0 Å². The highest BCUT2D eigenvalue weighted by Crippen LogP contribution is 2.24. The summed E-state index contributed by atoms with van der Waals surface area (Å²) in [4.78, 5) is 3.60. The van der Waals surface area contributed by atoms with Crippen molar-refractivity contribution in [3.8, 4) is 0 Å². The van der Waals surface area contributed by atoms with Gasteiger partial charge in [0.15, 0.2) is 5.76 Å². The molecule has 2 nitrogen and oxygen atoms in total. The first-order valence-electron chi connectivity index (χ1n) is 3.39. The molecule has 0 amide bonds. The van der Waals surface area contributed by atoms with Crippen LogP contribution in [0.1, 0.15) is 5.69 Å². The van der Waals surface area contributed by atoms with E-state index in [1.54, 1.807) is 6.07 Å². The maximum absolute atomic E-state index is 11.8. The standard InChI is InChI=1S/C8H6F3NO/c9-8(10,11)7(13)5-6-3-1-2-4-12-6/h1-5,13H. The molecule has 0 aliphatic rings. The average Bonchev–Trinajstić information content (AvgIpc) is 2.04. The van der Waals surface area contributed by atoms with Gasteiger partial charge in [0.2, 0.25) is 0 Å². The van der Waals surface area contributed by atoms with Crippen LogP contribution in [0.15, 0.2) is 30.2 Å². The summed E-state index contributed by atoms with van der Waals surface area (Å²) < 4.78 is 35.4. The highest BCUT2D eigenvalue weighted by atomic mass is 19.4. The molecule has 0 bridgehead atoms. The van der Waals surface area contributed by atoms with Gasteiger partial charge in [0.05, 0.1) is 5.69 Å². The van der Waals surface area contributed by atoms with Gasteiger partial charge in [-0.25, -0.2) is 0 Å². The minimum Gasteiger partial charge on any atom is -0.504 e. The van der Waals surface area contributed by atoms with Gasteiger partial charge in [0.25, 0.3) is 0 Å². The molecular formula is C8H6F3NO. The van der Waals surface area contributed by atoms with Crippen LogP contribution in [0.25, 0.3) is 6.08 Å². The Hall–Kier alpha value is -1.52. The maximum Gasteiger partial charge on any atom is 0.448 e. The Kier molecular flexibility index (Phi) is 2.55. The molecule has 1 N–H and O–H groups in total. The Morgan fingerprint density at radius 3 is 2.54 bits per heavy atom. The lowest BCUT2D eigenvalue weighted by molar-refractivity contribution is -0.119. The lowest BCUT2D eigenvalue weighted by Crippen LogP contribution is -2.10. The molecule has 13 heavy (non-hydrogen) atoms. The normalized spacial score (nSPS) is 13.0. The summed E-state index contributed by atoms with van der Waals surface area (Å²) in [6, 6.07) is 4.46. The third-order valence-electron chi connectivity index (χ3n) is 1.26. The largest absolute Gasteiger partial charge is 0.504 e. The fourth-order valence-electron chi connectivity index (χ4n) is 0.683. The van der Waals surface area contributed by atoms with Crippen LogP contribution in [-0.4, -0.2) is 16.3 Å². The van der Waals surface area contributed by atoms with Crippen LogP contribution >= 0.6 is 0 Å². The predicted octanol–water partition coefficient (Wildman–Crippen LogP) is 2.54. The number of hydrogen-bond donors (Lipinski definition) is 1. The molecule has 1 heterocycles. The number of nitrogens with zero attached hydrogens (tertiary/aromatic N) is 1. The van der Waals surface area contributed by atoms with Crippen molar-refractivity contribution >= 4 is 6.08 Å². The minimum absolute atomic E-state index is 0.0670. The number of hydrogen-bond acceptors (Lipinski definition) is 2. The Morgan fingerprint density at radius 1 is 1.38 bits per heavy atom. The second-order valence-electron chi connectivity index (χ2n) is 2.28. The highest BCUT2D eigenvalue weighted by molar-refractivity contribution is 5.47. The number of aromatic nitrogens is 1. The van der Waals surface area contributed by atoms with Crippen LogP contribution in [0.5, 0.6) is 0 Å². The predicted molar refractivity (Wildman–Crippen MR) is 40.9 cm³/mol. The van der Waals surface area contributed by atoms with Crippen molar-refractivity contribution < 1.29 is 18.3 Å². The number of rotatable bonds is 1. The van der Waals surface area contributed by atoms with Gasteiger partial charge in [0, 0.05) is 12.3 Å². The zero-order chi connectivity index (χ0) is 9.90. The number of allylic oxidation sites excluding steroid dienone is 1. The summed E-state index contributed by atoms with van der Waals surface area (Å²) in [7, 11) is 0. The zero-order valence-electron chi connectivity index (χ0n) is 6.42.